The monoisotopic (exact) mass is 323 g/mol. The van der Waals surface area contributed by atoms with Crippen molar-refractivity contribution in [3.63, 3.8) is 0 Å². The zero-order valence-corrected chi connectivity index (χ0v) is 13.4. The molecule has 1 unspecified atom stereocenters. The molecule has 1 atom stereocenters. The van der Waals surface area contributed by atoms with E-state index in [9.17, 15) is 8.42 Å². The average Bonchev–Trinajstić information content (AvgIpc) is 3.19. The summed E-state index contributed by atoms with van der Waals surface area (Å²) in [5, 5.41) is 1.80. The number of rotatable bonds is 4. The van der Waals surface area contributed by atoms with Crippen LogP contribution in [0.5, 0.6) is 5.75 Å². The predicted octanol–water partition coefficient (Wildman–Crippen LogP) is 3.28. The molecule has 1 aliphatic rings. The van der Waals surface area contributed by atoms with Gasteiger partial charge in [0.1, 0.15) is 9.96 Å². The second-order valence-corrected chi connectivity index (χ2v) is 8.04. The van der Waals surface area contributed by atoms with Crippen LogP contribution in [0.15, 0.2) is 46.0 Å². The molecule has 0 spiro atoms. The number of ether oxygens (including phenoxy) is 1. The van der Waals surface area contributed by atoms with Gasteiger partial charge in [0.25, 0.3) is 10.0 Å². The van der Waals surface area contributed by atoms with Crippen LogP contribution in [-0.2, 0) is 10.0 Å². The molecule has 0 aliphatic carbocycles. The third-order valence-corrected chi connectivity index (χ3v) is 7.04. The molecule has 0 amide bonds. The minimum Gasteiger partial charge on any atom is -0.497 e. The van der Waals surface area contributed by atoms with E-state index in [1.54, 1.807) is 28.9 Å². The molecular weight excluding hydrogens is 306 g/mol. The first kappa shape index (κ1) is 14.6. The molecule has 3 rings (SSSR count). The normalized spacial score (nSPS) is 19.8. The van der Waals surface area contributed by atoms with Crippen LogP contribution in [-0.4, -0.2) is 26.4 Å². The lowest BCUT2D eigenvalue weighted by molar-refractivity contribution is 0.395. The van der Waals surface area contributed by atoms with E-state index in [0.29, 0.717) is 10.8 Å². The van der Waals surface area contributed by atoms with E-state index in [0.717, 1.165) is 24.2 Å². The Morgan fingerprint density at radius 3 is 2.62 bits per heavy atom. The average molecular weight is 323 g/mol. The Kier molecular flexibility index (Phi) is 4.01. The number of sulfonamides is 1. The van der Waals surface area contributed by atoms with Crippen molar-refractivity contribution in [1.29, 1.82) is 0 Å². The van der Waals surface area contributed by atoms with Gasteiger partial charge in [0.15, 0.2) is 0 Å². The van der Waals surface area contributed by atoms with E-state index < -0.39 is 10.0 Å². The molecule has 1 aromatic carbocycles. The molecule has 0 saturated carbocycles. The lowest BCUT2D eigenvalue weighted by Gasteiger charge is -2.23. The van der Waals surface area contributed by atoms with Gasteiger partial charge in [-0.3, -0.25) is 0 Å². The van der Waals surface area contributed by atoms with Crippen molar-refractivity contribution >= 4 is 21.4 Å². The summed E-state index contributed by atoms with van der Waals surface area (Å²) in [7, 11) is -1.76. The van der Waals surface area contributed by atoms with Crippen molar-refractivity contribution in [3.8, 4) is 5.75 Å². The summed E-state index contributed by atoms with van der Waals surface area (Å²) in [5.74, 6) is 0.782. The first-order valence-corrected chi connectivity index (χ1v) is 9.14. The number of benzene rings is 1. The second kappa shape index (κ2) is 5.79. The van der Waals surface area contributed by atoms with Crippen molar-refractivity contribution in [2.24, 2.45) is 0 Å². The van der Waals surface area contributed by atoms with Crippen LogP contribution in [0, 0.1) is 0 Å². The van der Waals surface area contributed by atoms with Gasteiger partial charge in [-0.1, -0.05) is 18.2 Å². The van der Waals surface area contributed by atoms with Gasteiger partial charge in [0.05, 0.1) is 13.2 Å². The van der Waals surface area contributed by atoms with Gasteiger partial charge in [-0.05, 0) is 42.0 Å². The van der Waals surface area contributed by atoms with Crippen molar-refractivity contribution in [2.45, 2.75) is 23.1 Å². The smallest absolute Gasteiger partial charge is 0.253 e. The van der Waals surface area contributed by atoms with Gasteiger partial charge in [-0.25, -0.2) is 8.42 Å². The first-order valence-electron chi connectivity index (χ1n) is 6.82. The van der Waals surface area contributed by atoms with E-state index in [1.807, 2.05) is 24.3 Å². The molecule has 1 fully saturated rings. The molecule has 21 heavy (non-hydrogen) atoms. The quantitative estimate of drug-likeness (QED) is 0.867. The minimum absolute atomic E-state index is 0.0805. The molecule has 0 radical (unpaired) electrons. The predicted molar refractivity (Wildman–Crippen MR) is 83.2 cm³/mol. The molecular formula is C15H17NO3S2. The summed E-state index contributed by atoms with van der Waals surface area (Å²) < 4.78 is 32.6. The number of methoxy groups -OCH3 is 1. The molecule has 112 valence electrons. The van der Waals surface area contributed by atoms with Crippen molar-refractivity contribution in [2.75, 3.05) is 13.7 Å². The second-order valence-electron chi connectivity index (χ2n) is 4.98. The number of hydrogen-bond donors (Lipinski definition) is 0. The maximum atomic E-state index is 12.7. The fourth-order valence-corrected chi connectivity index (χ4v) is 5.51. The van der Waals surface area contributed by atoms with Crippen LogP contribution in [0.25, 0.3) is 0 Å². The number of hydrogen-bond acceptors (Lipinski definition) is 4. The zero-order valence-electron chi connectivity index (χ0n) is 11.7. The summed E-state index contributed by atoms with van der Waals surface area (Å²) in [6, 6.07) is 11.0. The summed E-state index contributed by atoms with van der Waals surface area (Å²) >= 11 is 1.27. The molecule has 6 heteroatoms. The lowest BCUT2D eigenvalue weighted by Crippen LogP contribution is -2.30. The minimum atomic E-state index is -3.39. The van der Waals surface area contributed by atoms with Gasteiger partial charge >= 0.3 is 0 Å². The Morgan fingerprint density at radius 2 is 2.00 bits per heavy atom. The van der Waals surface area contributed by atoms with E-state index >= 15 is 0 Å². The third-order valence-electron chi connectivity index (χ3n) is 3.76. The van der Waals surface area contributed by atoms with Crippen LogP contribution < -0.4 is 4.74 Å². The zero-order chi connectivity index (χ0) is 14.9. The standard InChI is InChI=1S/C15H17NO3S2/c1-19-13-8-6-12(7-9-13)14-4-2-10-16(14)21(17,18)15-5-3-11-20-15/h3,5-9,11,14H,2,4,10H2,1H3. The number of nitrogens with zero attached hydrogens (tertiary/aromatic N) is 1. The molecule has 1 saturated heterocycles. The molecule has 2 heterocycles. The third kappa shape index (κ3) is 2.71. The maximum Gasteiger partial charge on any atom is 0.253 e. The van der Waals surface area contributed by atoms with Gasteiger partial charge in [-0.15, -0.1) is 11.3 Å². The van der Waals surface area contributed by atoms with Crippen LogP contribution in [0.2, 0.25) is 0 Å². The first-order chi connectivity index (χ1) is 10.1. The summed E-state index contributed by atoms with van der Waals surface area (Å²) in [6.07, 6.45) is 1.75. The molecule has 0 bridgehead atoms. The van der Waals surface area contributed by atoms with Gasteiger partial charge < -0.3 is 4.74 Å². The molecule has 1 aliphatic heterocycles. The molecule has 4 nitrogen and oxygen atoms in total. The largest absolute Gasteiger partial charge is 0.497 e. The van der Waals surface area contributed by atoms with E-state index in [1.165, 1.54) is 11.3 Å². The van der Waals surface area contributed by atoms with E-state index in [-0.39, 0.29) is 6.04 Å². The van der Waals surface area contributed by atoms with Gasteiger partial charge in [-0.2, -0.15) is 4.31 Å². The van der Waals surface area contributed by atoms with Crippen molar-refractivity contribution in [1.82, 2.24) is 4.31 Å². The fourth-order valence-electron chi connectivity index (χ4n) is 2.71. The molecule has 0 N–H and O–H groups in total. The summed E-state index contributed by atoms with van der Waals surface area (Å²) in [4.78, 5) is 0. The van der Waals surface area contributed by atoms with Gasteiger partial charge in [0.2, 0.25) is 0 Å². The Labute approximate surface area is 129 Å². The fraction of sp³-hybridized carbons (Fsp3) is 0.333. The highest BCUT2D eigenvalue weighted by Crippen LogP contribution is 2.37. The topological polar surface area (TPSA) is 46.6 Å². The van der Waals surface area contributed by atoms with Crippen LogP contribution in [0.1, 0.15) is 24.4 Å². The molecule has 1 aromatic heterocycles. The lowest BCUT2D eigenvalue weighted by atomic mass is 10.1. The highest BCUT2D eigenvalue weighted by Gasteiger charge is 2.36. The summed E-state index contributed by atoms with van der Waals surface area (Å²) in [5.41, 5.74) is 1.02. The van der Waals surface area contributed by atoms with Gasteiger partial charge in [0, 0.05) is 6.54 Å². The molecule has 2 aromatic rings. The van der Waals surface area contributed by atoms with E-state index in [4.69, 9.17) is 4.74 Å². The highest BCUT2D eigenvalue weighted by molar-refractivity contribution is 7.91. The maximum absolute atomic E-state index is 12.7. The Morgan fingerprint density at radius 1 is 1.24 bits per heavy atom. The van der Waals surface area contributed by atoms with Crippen molar-refractivity contribution in [3.05, 3.63) is 47.3 Å². The van der Waals surface area contributed by atoms with Crippen LogP contribution >= 0.6 is 11.3 Å². The Balaban J connectivity index is 1.92. The number of thiophene rings is 1. The highest BCUT2D eigenvalue weighted by atomic mass is 32.2. The Bertz CT molecular complexity index is 693. The SMILES string of the molecule is COc1ccc(C2CCCN2S(=O)(=O)c2cccs2)cc1. The van der Waals surface area contributed by atoms with Crippen LogP contribution in [0.3, 0.4) is 0 Å². The van der Waals surface area contributed by atoms with Crippen molar-refractivity contribution < 1.29 is 13.2 Å². The van der Waals surface area contributed by atoms with Crippen LogP contribution in [0.4, 0.5) is 0 Å². The Hall–Kier alpha value is -1.37. The summed E-state index contributed by atoms with van der Waals surface area (Å²) in [6.45, 7) is 0.580. The van der Waals surface area contributed by atoms with E-state index in [2.05, 4.69) is 0 Å².